The van der Waals surface area contributed by atoms with E-state index in [2.05, 4.69) is 59.0 Å². The number of ether oxygens (including phenoxy) is 2. The Kier molecular flexibility index (Phi) is 9.32. The molecule has 1 aliphatic carbocycles. The average molecular weight is 492 g/mol. The van der Waals surface area contributed by atoms with Crippen molar-refractivity contribution in [3.05, 3.63) is 59.2 Å². The monoisotopic (exact) mass is 491 g/mol. The maximum absolute atomic E-state index is 12.7. The second kappa shape index (κ2) is 11.4. The van der Waals surface area contributed by atoms with Gasteiger partial charge in [-0.05, 0) is 59.1 Å². The number of carbonyl (C=O) groups is 1. The Labute approximate surface area is 210 Å². The summed E-state index contributed by atoms with van der Waals surface area (Å²) in [7, 11) is 3.32. The summed E-state index contributed by atoms with van der Waals surface area (Å²) in [5.41, 5.74) is 3.23. The van der Waals surface area contributed by atoms with Crippen molar-refractivity contribution in [2.45, 2.75) is 90.0 Å². The number of hydrogen-bond acceptors (Lipinski definition) is 3. The molecule has 1 amide bonds. The van der Waals surface area contributed by atoms with Gasteiger partial charge in [0.25, 0.3) is 11.8 Å². The molecule has 1 N–H and O–H groups in total. The van der Waals surface area contributed by atoms with Crippen molar-refractivity contribution in [2.75, 3.05) is 14.2 Å². The van der Waals surface area contributed by atoms with E-state index in [1.807, 2.05) is 18.2 Å². The standard InChI is InChI=1S/C16H21F2NO.C13H20O2.H2/c1-4-15(2,3)12-7-5-11(6-8-12)14(20)19-13-9-16(17,18)10-13;1-6-13(2,3)10-7-8-11(14-4)12(9-10)15-5;/h5-8,13H,4,9-10H2,1-3H3,(H,19,20);7-9H,6H2,1-5H3;1H. The van der Waals surface area contributed by atoms with Crippen LogP contribution in [0, 0.1) is 0 Å². The SMILES string of the molecule is CCC(C)(C)c1ccc(C(=O)NC2CC(F)(F)C2)cc1.CCC(C)(C)c1ccc(OC)c(OC)c1.[HH]. The van der Waals surface area contributed by atoms with Crippen molar-refractivity contribution in [1.82, 2.24) is 5.32 Å². The Bertz CT molecular complexity index is 983. The van der Waals surface area contributed by atoms with E-state index in [9.17, 15) is 13.6 Å². The maximum Gasteiger partial charge on any atom is 0.252 e. The summed E-state index contributed by atoms with van der Waals surface area (Å²) < 4.78 is 35.9. The molecule has 35 heavy (non-hydrogen) atoms. The van der Waals surface area contributed by atoms with Crippen molar-refractivity contribution in [1.29, 1.82) is 0 Å². The van der Waals surface area contributed by atoms with Gasteiger partial charge >= 0.3 is 0 Å². The Morgan fingerprint density at radius 1 is 0.914 bits per heavy atom. The van der Waals surface area contributed by atoms with Crippen LogP contribution >= 0.6 is 0 Å². The number of amides is 1. The molecule has 0 spiro atoms. The van der Waals surface area contributed by atoms with E-state index in [0.29, 0.717) is 5.56 Å². The van der Waals surface area contributed by atoms with E-state index in [0.717, 1.165) is 24.3 Å². The van der Waals surface area contributed by atoms with E-state index in [1.165, 1.54) is 11.1 Å². The molecule has 0 aliphatic heterocycles. The van der Waals surface area contributed by atoms with Crippen LogP contribution in [0.15, 0.2) is 42.5 Å². The molecule has 0 unspecified atom stereocenters. The van der Waals surface area contributed by atoms with E-state index in [4.69, 9.17) is 9.47 Å². The summed E-state index contributed by atoms with van der Waals surface area (Å²) in [6.45, 7) is 13.1. The fourth-order valence-corrected chi connectivity index (χ4v) is 3.77. The molecule has 1 aliphatic rings. The highest BCUT2D eigenvalue weighted by atomic mass is 19.3. The van der Waals surface area contributed by atoms with Crippen LogP contribution in [0.1, 0.15) is 90.1 Å². The first-order valence-electron chi connectivity index (χ1n) is 12.3. The Morgan fingerprint density at radius 3 is 1.86 bits per heavy atom. The van der Waals surface area contributed by atoms with Gasteiger partial charge in [0, 0.05) is 25.9 Å². The fraction of sp³-hybridized carbons (Fsp3) is 0.552. The molecule has 0 radical (unpaired) electrons. The third-order valence-electron chi connectivity index (χ3n) is 7.29. The maximum atomic E-state index is 12.7. The van der Waals surface area contributed by atoms with E-state index < -0.39 is 12.0 Å². The van der Waals surface area contributed by atoms with Crippen molar-refractivity contribution in [3.8, 4) is 11.5 Å². The van der Waals surface area contributed by atoms with Gasteiger partial charge < -0.3 is 14.8 Å². The van der Waals surface area contributed by atoms with Crippen LogP contribution in [-0.4, -0.2) is 32.1 Å². The predicted octanol–water partition coefficient (Wildman–Crippen LogP) is 7.54. The summed E-state index contributed by atoms with van der Waals surface area (Å²) in [5, 5.41) is 2.64. The summed E-state index contributed by atoms with van der Waals surface area (Å²) >= 11 is 0. The minimum Gasteiger partial charge on any atom is -0.493 e. The van der Waals surface area contributed by atoms with Gasteiger partial charge in [0.05, 0.1) is 14.2 Å². The molecule has 0 aromatic heterocycles. The number of methoxy groups -OCH3 is 2. The lowest BCUT2D eigenvalue weighted by molar-refractivity contribution is -0.0901. The average Bonchev–Trinajstić information content (AvgIpc) is 2.82. The van der Waals surface area contributed by atoms with Crippen LogP contribution in [0.5, 0.6) is 11.5 Å². The van der Waals surface area contributed by atoms with Gasteiger partial charge in [-0.25, -0.2) is 8.78 Å². The number of halogens is 2. The van der Waals surface area contributed by atoms with E-state index in [1.54, 1.807) is 26.4 Å². The lowest BCUT2D eigenvalue weighted by atomic mass is 9.82. The molecule has 1 fully saturated rings. The van der Waals surface area contributed by atoms with Gasteiger partial charge in [0.2, 0.25) is 0 Å². The zero-order valence-corrected chi connectivity index (χ0v) is 22.4. The Morgan fingerprint density at radius 2 is 1.40 bits per heavy atom. The third-order valence-corrected chi connectivity index (χ3v) is 7.29. The third kappa shape index (κ3) is 7.42. The van der Waals surface area contributed by atoms with E-state index >= 15 is 0 Å². The molecule has 0 heterocycles. The molecule has 0 bridgehead atoms. The smallest absolute Gasteiger partial charge is 0.252 e. The van der Waals surface area contributed by atoms with Crippen LogP contribution in [0.25, 0.3) is 0 Å². The fourth-order valence-electron chi connectivity index (χ4n) is 3.77. The molecule has 4 nitrogen and oxygen atoms in total. The van der Waals surface area contributed by atoms with Crippen LogP contribution in [0.3, 0.4) is 0 Å². The van der Waals surface area contributed by atoms with Gasteiger partial charge in [0.15, 0.2) is 11.5 Å². The number of rotatable bonds is 8. The minimum absolute atomic E-state index is 0. The van der Waals surface area contributed by atoms with Crippen LogP contribution in [0.2, 0.25) is 0 Å². The normalized spacial score (nSPS) is 15.4. The summed E-state index contributed by atoms with van der Waals surface area (Å²) in [6.07, 6.45) is 1.61. The van der Waals surface area contributed by atoms with Crippen LogP contribution < -0.4 is 14.8 Å². The zero-order chi connectivity index (χ0) is 26.4. The number of hydrogen-bond donors (Lipinski definition) is 1. The molecule has 1 saturated carbocycles. The first-order valence-corrected chi connectivity index (χ1v) is 12.3. The highest BCUT2D eigenvalue weighted by Crippen LogP contribution is 2.37. The molecule has 2 aromatic rings. The van der Waals surface area contributed by atoms with E-state index in [-0.39, 0.29) is 31.0 Å². The van der Waals surface area contributed by atoms with Gasteiger partial charge in [-0.3, -0.25) is 4.79 Å². The van der Waals surface area contributed by atoms with Crippen LogP contribution in [0.4, 0.5) is 8.78 Å². The molecule has 0 atom stereocenters. The molecule has 196 valence electrons. The van der Waals surface area contributed by atoms with Crippen molar-refractivity contribution in [2.24, 2.45) is 0 Å². The number of benzene rings is 2. The first kappa shape index (κ1) is 28.6. The summed E-state index contributed by atoms with van der Waals surface area (Å²) in [5.74, 6) is -1.29. The number of nitrogens with one attached hydrogen (secondary N) is 1. The molecule has 0 saturated heterocycles. The van der Waals surface area contributed by atoms with Gasteiger partial charge in [-0.2, -0.15) is 0 Å². The second-order valence-corrected chi connectivity index (χ2v) is 10.6. The quantitative estimate of drug-likeness (QED) is 0.415. The van der Waals surface area contributed by atoms with Crippen molar-refractivity contribution >= 4 is 5.91 Å². The van der Waals surface area contributed by atoms with Gasteiger partial charge in [-0.1, -0.05) is 59.7 Å². The van der Waals surface area contributed by atoms with Crippen molar-refractivity contribution < 1.29 is 24.5 Å². The van der Waals surface area contributed by atoms with Gasteiger partial charge in [-0.15, -0.1) is 0 Å². The molecule has 6 heteroatoms. The topological polar surface area (TPSA) is 47.6 Å². The second-order valence-electron chi connectivity index (χ2n) is 10.6. The molecular formula is C29H43F2NO3. The number of alkyl halides is 2. The minimum atomic E-state index is -2.60. The van der Waals surface area contributed by atoms with Gasteiger partial charge in [0.1, 0.15) is 0 Å². The summed E-state index contributed by atoms with van der Waals surface area (Å²) in [4.78, 5) is 11.9. The molecular weight excluding hydrogens is 448 g/mol. The first-order chi connectivity index (χ1) is 16.3. The zero-order valence-electron chi connectivity index (χ0n) is 22.4. The molecule has 2 aromatic carbocycles. The van der Waals surface area contributed by atoms with Crippen LogP contribution in [-0.2, 0) is 10.8 Å². The highest BCUT2D eigenvalue weighted by Gasteiger charge is 2.45. The lowest BCUT2D eigenvalue weighted by Crippen LogP contribution is -2.50. The lowest BCUT2D eigenvalue weighted by Gasteiger charge is -2.35. The molecule has 3 rings (SSSR count). The Balaban J connectivity index is 0.000000365. The highest BCUT2D eigenvalue weighted by molar-refractivity contribution is 5.94. The predicted molar refractivity (Wildman–Crippen MR) is 140 cm³/mol. The largest absolute Gasteiger partial charge is 0.493 e. The van der Waals surface area contributed by atoms with Crippen molar-refractivity contribution in [3.63, 3.8) is 0 Å². The summed E-state index contributed by atoms with van der Waals surface area (Å²) in [6, 6.07) is 13.1. The number of carbonyl (C=O) groups excluding carboxylic acids is 1. The Hall–Kier alpha value is -2.63.